The summed E-state index contributed by atoms with van der Waals surface area (Å²) in [6, 6.07) is 16.4. The van der Waals surface area contributed by atoms with Crippen LogP contribution >= 0.6 is 11.6 Å². The van der Waals surface area contributed by atoms with Crippen LogP contribution in [0.15, 0.2) is 54.7 Å². The van der Waals surface area contributed by atoms with E-state index in [2.05, 4.69) is 52.5 Å². The number of nitrogens with zero attached hydrogens (tertiary/aromatic N) is 3. The number of aromatic nitrogens is 1. The van der Waals surface area contributed by atoms with Gasteiger partial charge in [-0.2, -0.15) is 0 Å². The Morgan fingerprint density at radius 3 is 2.71 bits per heavy atom. The number of hydrogen-bond acceptors (Lipinski definition) is 3. The van der Waals surface area contributed by atoms with E-state index in [1.54, 1.807) is 0 Å². The van der Waals surface area contributed by atoms with Crippen LogP contribution in [0.3, 0.4) is 0 Å². The van der Waals surface area contributed by atoms with Crippen molar-refractivity contribution in [2.45, 2.75) is 37.5 Å². The van der Waals surface area contributed by atoms with Crippen molar-refractivity contribution in [1.82, 2.24) is 19.7 Å². The van der Waals surface area contributed by atoms with E-state index in [1.807, 2.05) is 21.9 Å². The van der Waals surface area contributed by atoms with Crippen molar-refractivity contribution < 1.29 is 14.3 Å². The molecule has 3 saturated heterocycles. The summed E-state index contributed by atoms with van der Waals surface area (Å²) in [5.41, 5.74) is 3.66. The molecule has 4 heterocycles. The summed E-state index contributed by atoms with van der Waals surface area (Å²) in [4.78, 5) is 28.9. The van der Waals surface area contributed by atoms with Crippen LogP contribution in [0.2, 0.25) is 5.02 Å². The van der Waals surface area contributed by atoms with E-state index >= 15 is 0 Å². The summed E-state index contributed by atoms with van der Waals surface area (Å²) in [6.45, 7) is 3.47. The maximum absolute atomic E-state index is 13.4. The smallest absolute Gasteiger partial charge is 0.320 e. The topological polar surface area (TPSA) is 66.8 Å². The van der Waals surface area contributed by atoms with Gasteiger partial charge in [0, 0.05) is 60.8 Å². The predicted octanol–water partition coefficient (Wildman–Crippen LogP) is 3.84. The standard InChI is InChI=1S/C27H29ClN4O3/c28-20-6-7-24-21(12-20)22(15-32(24)13-18-4-2-1-3-5-18)19-8-10-30(14-19)27(34)31-11-9-25-23(16-31)29-26(33)17-35-25/h1-7,12,15,19,23,25H,8-11,13-14,16-17H2,(H,29,33)/t19?,23-,25+/m1/s1. The highest BCUT2D eigenvalue weighted by molar-refractivity contribution is 6.31. The number of ether oxygens (including phenoxy) is 1. The summed E-state index contributed by atoms with van der Waals surface area (Å²) in [7, 11) is 0. The minimum atomic E-state index is -0.120. The Balaban J connectivity index is 1.20. The van der Waals surface area contributed by atoms with Crippen LogP contribution in [0.25, 0.3) is 10.9 Å². The first kappa shape index (κ1) is 22.4. The van der Waals surface area contributed by atoms with Crippen LogP contribution < -0.4 is 5.32 Å². The zero-order valence-electron chi connectivity index (χ0n) is 19.5. The number of urea groups is 1. The van der Waals surface area contributed by atoms with Gasteiger partial charge in [-0.25, -0.2) is 4.79 Å². The fraction of sp³-hybridized carbons (Fsp3) is 0.407. The molecule has 0 spiro atoms. The molecule has 1 unspecified atom stereocenters. The third-order valence-corrected chi connectivity index (χ3v) is 7.80. The normalized spacial score (nSPS) is 24.5. The van der Waals surface area contributed by atoms with Gasteiger partial charge in [0.25, 0.3) is 0 Å². The Kier molecular flexibility index (Phi) is 5.90. The number of amides is 3. The third-order valence-electron chi connectivity index (χ3n) is 7.56. The number of morpholine rings is 1. The lowest BCUT2D eigenvalue weighted by atomic mass is 9.98. The summed E-state index contributed by atoms with van der Waals surface area (Å²) < 4.78 is 7.93. The van der Waals surface area contributed by atoms with Gasteiger partial charge >= 0.3 is 6.03 Å². The number of nitrogens with one attached hydrogen (secondary N) is 1. The van der Waals surface area contributed by atoms with Crippen molar-refractivity contribution in [3.8, 4) is 0 Å². The van der Waals surface area contributed by atoms with Gasteiger partial charge in [-0.15, -0.1) is 0 Å². The van der Waals surface area contributed by atoms with E-state index in [0.29, 0.717) is 19.6 Å². The molecule has 3 aromatic rings. The minimum Gasteiger partial charge on any atom is -0.366 e. The Morgan fingerprint density at radius 2 is 1.86 bits per heavy atom. The SMILES string of the molecule is O=C1CO[C@H]2CCN(C(=O)N3CCC(c4cn(Cc5ccccc5)c5ccc(Cl)cc45)C3)C[C@H]2N1. The molecule has 0 radical (unpaired) electrons. The van der Waals surface area contributed by atoms with Crippen molar-refractivity contribution in [2.75, 3.05) is 32.8 Å². The molecule has 0 bridgehead atoms. The molecule has 1 N–H and O–H groups in total. The van der Waals surface area contributed by atoms with Gasteiger partial charge in [0.05, 0.1) is 12.1 Å². The molecule has 8 heteroatoms. The van der Waals surface area contributed by atoms with Crippen molar-refractivity contribution in [1.29, 1.82) is 0 Å². The Hall–Kier alpha value is -3.03. The molecular weight excluding hydrogens is 464 g/mol. The summed E-state index contributed by atoms with van der Waals surface area (Å²) in [6.07, 6.45) is 3.91. The number of carbonyl (C=O) groups is 2. The fourth-order valence-electron chi connectivity index (χ4n) is 5.79. The minimum absolute atomic E-state index is 0.00330. The van der Waals surface area contributed by atoms with Gasteiger partial charge in [-0.3, -0.25) is 4.79 Å². The van der Waals surface area contributed by atoms with Gasteiger partial charge in [0.1, 0.15) is 6.61 Å². The number of hydrogen-bond donors (Lipinski definition) is 1. The van der Waals surface area contributed by atoms with Gasteiger partial charge in [0.2, 0.25) is 5.91 Å². The maximum atomic E-state index is 13.4. The Labute approximate surface area is 209 Å². The van der Waals surface area contributed by atoms with E-state index < -0.39 is 0 Å². The highest BCUT2D eigenvalue weighted by atomic mass is 35.5. The maximum Gasteiger partial charge on any atom is 0.320 e. The molecule has 2 aromatic carbocycles. The van der Waals surface area contributed by atoms with E-state index in [1.165, 1.54) is 11.1 Å². The Bertz CT molecular complexity index is 1260. The summed E-state index contributed by atoms with van der Waals surface area (Å²) in [5, 5.41) is 4.87. The van der Waals surface area contributed by atoms with Gasteiger partial charge < -0.3 is 24.4 Å². The van der Waals surface area contributed by atoms with Gasteiger partial charge in [-0.1, -0.05) is 41.9 Å². The lowest BCUT2D eigenvalue weighted by Gasteiger charge is -2.42. The highest BCUT2D eigenvalue weighted by Gasteiger charge is 2.39. The van der Waals surface area contributed by atoms with Crippen LogP contribution in [-0.2, 0) is 16.1 Å². The van der Waals surface area contributed by atoms with Crippen LogP contribution in [0.1, 0.15) is 29.9 Å². The molecule has 0 saturated carbocycles. The summed E-state index contributed by atoms with van der Waals surface area (Å²) >= 11 is 6.39. The predicted molar refractivity (Wildman–Crippen MR) is 135 cm³/mol. The largest absolute Gasteiger partial charge is 0.366 e. The molecule has 7 nitrogen and oxygen atoms in total. The molecule has 0 aliphatic carbocycles. The molecular formula is C27H29ClN4O3. The first-order valence-electron chi connectivity index (χ1n) is 12.3. The fourth-order valence-corrected chi connectivity index (χ4v) is 5.97. The van der Waals surface area contributed by atoms with Gasteiger partial charge in [-0.05, 0) is 42.2 Å². The van der Waals surface area contributed by atoms with Gasteiger partial charge in [0.15, 0.2) is 0 Å². The number of carbonyl (C=O) groups excluding carboxylic acids is 2. The number of piperidine rings is 1. The third kappa shape index (κ3) is 4.39. The van der Waals surface area contributed by atoms with Crippen molar-refractivity contribution in [3.63, 3.8) is 0 Å². The Morgan fingerprint density at radius 1 is 1.06 bits per heavy atom. The first-order chi connectivity index (χ1) is 17.0. The van der Waals surface area contributed by atoms with Crippen molar-refractivity contribution in [2.24, 2.45) is 0 Å². The van der Waals surface area contributed by atoms with E-state index in [9.17, 15) is 9.59 Å². The van der Waals surface area contributed by atoms with Crippen LogP contribution in [0, 0.1) is 0 Å². The zero-order chi connectivity index (χ0) is 23.9. The van der Waals surface area contributed by atoms with Crippen LogP contribution in [-0.4, -0.2) is 71.2 Å². The monoisotopic (exact) mass is 492 g/mol. The van der Waals surface area contributed by atoms with Crippen LogP contribution in [0.4, 0.5) is 4.79 Å². The van der Waals surface area contributed by atoms with Crippen LogP contribution in [0.5, 0.6) is 0 Å². The average molecular weight is 493 g/mol. The molecule has 3 atom stereocenters. The lowest BCUT2D eigenvalue weighted by molar-refractivity contribution is -0.139. The molecule has 3 fully saturated rings. The first-order valence-corrected chi connectivity index (χ1v) is 12.7. The summed E-state index contributed by atoms with van der Waals surface area (Å²) in [5.74, 6) is 0.152. The molecule has 6 rings (SSSR count). The number of rotatable bonds is 3. The number of fused-ring (bicyclic) bond motifs is 2. The second-order valence-corrected chi connectivity index (χ2v) is 10.3. The number of likely N-dealkylation sites (tertiary alicyclic amines) is 2. The average Bonchev–Trinajstić information content (AvgIpc) is 3.49. The molecule has 35 heavy (non-hydrogen) atoms. The molecule has 3 amide bonds. The molecule has 182 valence electrons. The zero-order valence-corrected chi connectivity index (χ0v) is 20.3. The second-order valence-electron chi connectivity index (χ2n) is 9.83. The lowest BCUT2D eigenvalue weighted by Crippen LogP contribution is -2.62. The molecule has 3 aliphatic rings. The van der Waals surface area contributed by atoms with Crippen molar-refractivity contribution in [3.05, 3.63) is 70.9 Å². The van der Waals surface area contributed by atoms with Crippen molar-refractivity contribution >= 4 is 34.4 Å². The van der Waals surface area contributed by atoms with E-state index in [0.717, 1.165) is 41.9 Å². The van der Waals surface area contributed by atoms with E-state index in [4.69, 9.17) is 16.3 Å². The number of halogens is 1. The quantitative estimate of drug-likeness (QED) is 0.604. The second kappa shape index (κ2) is 9.21. The molecule has 3 aliphatic heterocycles. The highest BCUT2D eigenvalue weighted by Crippen LogP contribution is 2.36. The number of benzene rings is 2. The van der Waals surface area contributed by atoms with E-state index in [-0.39, 0.29) is 36.6 Å². The molecule has 1 aromatic heterocycles.